The van der Waals surface area contributed by atoms with Crippen LogP contribution in [0.25, 0.3) is 0 Å². The van der Waals surface area contributed by atoms with Crippen LogP contribution in [0.2, 0.25) is 36.3 Å². The highest BCUT2D eigenvalue weighted by molar-refractivity contribution is 6.74. The number of aliphatic hydroxyl groups is 1. The molecule has 2 rings (SSSR count). The fraction of sp³-hybridized carbons (Fsp3) is 0.933. The van der Waals surface area contributed by atoms with Gasteiger partial charge in [-0.2, -0.15) is 0 Å². The van der Waals surface area contributed by atoms with Crippen LogP contribution in [0.5, 0.6) is 0 Å². The minimum atomic E-state index is -1.81. The summed E-state index contributed by atoms with van der Waals surface area (Å²) in [4.78, 5) is 0. The molecule has 0 bridgehead atoms. The van der Waals surface area contributed by atoms with Crippen molar-refractivity contribution in [3.8, 4) is 0 Å². The zero-order valence-corrected chi connectivity index (χ0v) is 27.1. The molecule has 0 radical (unpaired) electrons. The van der Waals surface area contributed by atoms with Gasteiger partial charge in [-0.3, -0.25) is 0 Å². The summed E-state index contributed by atoms with van der Waals surface area (Å²) >= 11 is 0. The van der Waals surface area contributed by atoms with Gasteiger partial charge in [-0.05, 0) is 100.0 Å². The van der Waals surface area contributed by atoms with E-state index < -0.39 is 16.6 Å². The Bertz CT molecular complexity index is 671. The minimum absolute atomic E-state index is 0.00367. The molecule has 1 saturated carbocycles. The molecule has 5 unspecified atom stereocenters. The largest absolute Gasteiger partial charge is 0.413 e. The standard InChI is InChI=1S/C30H60O3Si2/c1-11-25(24-17-15-21-30(8,23-24)33-34(9,10)29(5,6)7)26-19-20-28(27(26)18-16-22-31)32-35(12-2,13-3)14-4/h19,24-25,27-28,31H,11-18,20-23H2,1-10H3. The quantitative estimate of drug-likeness (QED) is 0.193. The van der Waals surface area contributed by atoms with Crippen LogP contribution in [0.1, 0.15) is 107 Å². The Balaban J connectivity index is 2.24. The second-order valence-corrected chi connectivity index (χ2v) is 22.9. The van der Waals surface area contributed by atoms with Crippen molar-refractivity contribution < 1.29 is 14.0 Å². The molecule has 1 N–H and O–H groups in total. The van der Waals surface area contributed by atoms with E-state index in [2.05, 4.69) is 74.6 Å². The third-order valence-electron chi connectivity index (χ3n) is 10.2. The highest BCUT2D eigenvalue weighted by Crippen LogP contribution is 2.50. The van der Waals surface area contributed by atoms with Gasteiger partial charge < -0.3 is 14.0 Å². The minimum Gasteiger partial charge on any atom is -0.413 e. The van der Waals surface area contributed by atoms with Crippen LogP contribution >= 0.6 is 0 Å². The van der Waals surface area contributed by atoms with E-state index in [0.717, 1.165) is 19.3 Å². The monoisotopic (exact) mass is 524 g/mol. The molecule has 2 aliphatic rings. The molecule has 206 valence electrons. The third kappa shape index (κ3) is 7.55. The fourth-order valence-corrected chi connectivity index (χ4v) is 11.5. The van der Waals surface area contributed by atoms with Gasteiger partial charge in [0.1, 0.15) is 0 Å². The van der Waals surface area contributed by atoms with E-state index in [9.17, 15) is 5.11 Å². The molecule has 5 heteroatoms. The molecule has 3 nitrogen and oxygen atoms in total. The van der Waals surface area contributed by atoms with Gasteiger partial charge in [-0.25, -0.2) is 0 Å². The van der Waals surface area contributed by atoms with Gasteiger partial charge in [0.2, 0.25) is 0 Å². The first-order valence-electron chi connectivity index (χ1n) is 15.0. The van der Waals surface area contributed by atoms with Crippen LogP contribution < -0.4 is 0 Å². The van der Waals surface area contributed by atoms with Crippen molar-refractivity contribution in [2.75, 3.05) is 6.61 Å². The topological polar surface area (TPSA) is 38.7 Å². The maximum absolute atomic E-state index is 9.69. The van der Waals surface area contributed by atoms with Gasteiger partial charge >= 0.3 is 0 Å². The molecule has 0 heterocycles. The van der Waals surface area contributed by atoms with Crippen LogP contribution in [-0.2, 0) is 8.85 Å². The average molecular weight is 525 g/mol. The lowest BCUT2D eigenvalue weighted by Crippen LogP contribution is -2.50. The molecule has 0 aromatic rings. The summed E-state index contributed by atoms with van der Waals surface area (Å²) in [5, 5.41) is 9.94. The Morgan fingerprint density at radius 2 is 1.74 bits per heavy atom. The van der Waals surface area contributed by atoms with E-state index in [1.807, 2.05) is 0 Å². The molecule has 5 atom stereocenters. The highest BCUT2D eigenvalue weighted by Gasteiger charge is 2.47. The van der Waals surface area contributed by atoms with Crippen molar-refractivity contribution in [3.05, 3.63) is 11.6 Å². The Kier molecular flexibility index (Phi) is 11.4. The Hall–Kier alpha value is 0.0538. The third-order valence-corrected chi connectivity index (χ3v) is 19.5. The Labute approximate surface area is 221 Å². The van der Waals surface area contributed by atoms with E-state index in [0.29, 0.717) is 23.9 Å². The summed E-state index contributed by atoms with van der Waals surface area (Å²) in [7, 11) is -3.47. The van der Waals surface area contributed by atoms with E-state index in [1.165, 1.54) is 50.2 Å². The predicted octanol–water partition coefficient (Wildman–Crippen LogP) is 9.09. The van der Waals surface area contributed by atoms with E-state index in [-0.39, 0.29) is 17.2 Å². The predicted molar refractivity (Wildman–Crippen MR) is 157 cm³/mol. The zero-order chi connectivity index (χ0) is 26.5. The maximum atomic E-state index is 9.69. The first-order valence-corrected chi connectivity index (χ1v) is 20.4. The Morgan fingerprint density at radius 3 is 2.26 bits per heavy atom. The van der Waals surface area contributed by atoms with Crippen molar-refractivity contribution in [1.82, 2.24) is 0 Å². The summed E-state index contributed by atoms with van der Waals surface area (Å²) in [5.41, 5.74) is 1.67. The molecule has 0 aromatic carbocycles. The molecule has 0 aromatic heterocycles. The van der Waals surface area contributed by atoms with Crippen LogP contribution in [0.4, 0.5) is 0 Å². The Morgan fingerprint density at radius 1 is 1.11 bits per heavy atom. The van der Waals surface area contributed by atoms with Crippen LogP contribution in [0.3, 0.4) is 0 Å². The van der Waals surface area contributed by atoms with E-state index >= 15 is 0 Å². The highest BCUT2D eigenvalue weighted by atomic mass is 28.4. The van der Waals surface area contributed by atoms with Gasteiger partial charge in [0.15, 0.2) is 16.6 Å². The van der Waals surface area contributed by atoms with Crippen molar-refractivity contribution in [2.45, 2.75) is 155 Å². The first-order chi connectivity index (χ1) is 16.3. The molecule has 0 amide bonds. The molecule has 0 aliphatic heterocycles. The van der Waals surface area contributed by atoms with Crippen LogP contribution in [0.15, 0.2) is 11.6 Å². The van der Waals surface area contributed by atoms with Crippen molar-refractivity contribution in [3.63, 3.8) is 0 Å². The lowest BCUT2D eigenvalue weighted by Gasteiger charge is -2.49. The number of hydrogen-bond acceptors (Lipinski definition) is 3. The molecule has 1 fully saturated rings. The van der Waals surface area contributed by atoms with Gasteiger partial charge in [-0.15, -0.1) is 0 Å². The molecule has 2 aliphatic carbocycles. The van der Waals surface area contributed by atoms with Crippen molar-refractivity contribution in [2.24, 2.45) is 17.8 Å². The number of aliphatic hydroxyl groups excluding tert-OH is 1. The molecule has 35 heavy (non-hydrogen) atoms. The van der Waals surface area contributed by atoms with Crippen molar-refractivity contribution in [1.29, 1.82) is 0 Å². The molecule has 0 saturated heterocycles. The van der Waals surface area contributed by atoms with Crippen LogP contribution in [-0.4, -0.2) is 40.1 Å². The van der Waals surface area contributed by atoms with Crippen LogP contribution in [0, 0.1) is 17.8 Å². The van der Waals surface area contributed by atoms with Crippen molar-refractivity contribution >= 4 is 16.6 Å². The van der Waals surface area contributed by atoms with Gasteiger partial charge in [0.25, 0.3) is 0 Å². The summed E-state index contributed by atoms with van der Waals surface area (Å²) in [6.07, 6.45) is 12.1. The smallest absolute Gasteiger partial charge is 0.192 e. The summed E-state index contributed by atoms with van der Waals surface area (Å²) in [6.45, 7) is 24.0. The van der Waals surface area contributed by atoms with Gasteiger partial charge in [0, 0.05) is 12.5 Å². The van der Waals surface area contributed by atoms with Gasteiger partial charge in [-0.1, -0.05) is 66.5 Å². The van der Waals surface area contributed by atoms with E-state index in [4.69, 9.17) is 8.85 Å². The number of rotatable bonds is 13. The second-order valence-electron chi connectivity index (χ2n) is 13.5. The molecular formula is C30H60O3Si2. The normalized spacial score (nSPS) is 29.3. The maximum Gasteiger partial charge on any atom is 0.192 e. The number of hydrogen-bond donors (Lipinski definition) is 1. The lowest BCUT2D eigenvalue weighted by atomic mass is 9.68. The second kappa shape index (κ2) is 12.7. The van der Waals surface area contributed by atoms with E-state index in [1.54, 1.807) is 5.57 Å². The molecular weight excluding hydrogens is 464 g/mol. The average Bonchev–Trinajstić information content (AvgIpc) is 3.17. The lowest BCUT2D eigenvalue weighted by molar-refractivity contribution is 0.00121. The summed E-state index contributed by atoms with van der Waals surface area (Å²) in [5.74, 6) is 1.80. The SMILES string of the molecule is CCC(C1=CCC(O[Si](CC)(CC)CC)C1CCCO)C1CCCC(C)(O[Si](C)(C)C(C)(C)C)C1. The van der Waals surface area contributed by atoms with Gasteiger partial charge in [0.05, 0.1) is 11.7 Å². The summed E-state index contributed by atoms with van der Waals surface area (Å²) in [6, 6.07) is 3.63. The first kappa shape index (κ1) is 31.3. The summed E-state index contributed by atoms with van der Waals surface area (Å²) < 4.78 is 14.2. The zero-order valence-electron chi connectivity index (χ0n) is 25.1. The molecule has 0 spiro atoms. The fourth-order valence-electron chi connectivity index (χ4n) is 6.87.